The monoisotopic (exact) mass is 220 g/mol. The van der Waals surface area contributed by atoms with Gasteiger partial charge in [0.05, 0.1) is 12.7 Å². The van der Waals surface area contributed by atoms with Gasteiger partial charge in [0, 0.05) is 17.8 Å². The minimum Gasteiger partial charge on any atom is -0.465 e. The molecule has 1 aromatic rings. The Morgan fingerprint density at radius 2 is 2.19 bits per heavy atom. The van der Waals surface area contributed by atoms with Crippen LogP contribution in [-0.2, 0) is 4.74 Å². The fraction of sp³-hybridized carbons (Fsp3) is 0.417. The lowest BCUT2D eigenvalue weighted by molar-refractivity contribution is 0.0602. The van der Waals surface area contributed by atoms with Crippen LogP contribution in [0.4, 0.5) is 5.69 Å². The van der Waals surface area contributed by atoms with E-state index in [1.165, 1.54) is 7.11 Å². The molecule has 0 radical (unpaired) electrons. The Bertz CT molecular complexity index is 400. The molecule has 1 aromatic carbocycles. The highest BCUT2D eigenvalue weighted by Crippen LogP contribution is 2.32. The molecular weight excluding hydrogens is 204 g/mol. The molecule has 1 aliphatic carbocycles. The Morgan fingerprint density at radius 1 is 1.50 bits per heavy atom. The first-order chi connectivity index (χ1) is 7.64. The van der Waals surface area contributed by atoms with Crippen LogP contribution in [0, 0.1) is 0 Å². The number of esters is 1. The maximum absolute atomic E-state index is 11.5. The van der Waals surface area contributed by atoms with Crippen molar-refractivity contribution in [3.63, 3.8) is 0 Å². The third kappa shape index (κ3) is 2.33. The first-order valence-electron chi connectivity index (χ1n) is 5.35. The maximum atomic E-state index is 11.5. The number of hydrogen-bond donors (Lipinski definition) is 2. The van der Waals surface area contributed by atoms with E-state index in [9.17, 15) is 4.79 Å². The van der Waals surface area contributed by atoms with E-state index in [2.05, 4.69) is 5.32 Å². The molecule has 0 saturated heterocycles. The summed E-state index contributed by atoms with van der Waals surface area (Å²) in [5.41, 5.74) is 7.23. The normalized spacial score (nSPS) is 16.6. The predicted octanol–water partition coefficient (Wildman–Crippen LogP) is 1.38. The Kier molecular flexibility index (Phi) is 2.83. The minimum atomic E-state index is -0.329. The van der Waals surface area contributed by atoms with Gasteiger partial charge in [-0.2, -0.15) is 0 Å². The molecule has 16 heavy (non-hydrogen) atoms. The molecule has 4 heteroatoms. The van der Waals surface area contributed by atoms with E-state index in [0.29, 0.717) is 12.1 Å². The van der Waals surface area contributed by atoms with Crippen LogP contribution in [0.25, 0.3) is 0 Å². The minimum absolute atomic E-state index is 0.0801. The molecule has 3 N–H and O–H groups in total. The number of rotatable bonds is 4. The van der Waals surface area contributed by atoms with Crippen LogP contribution in [0.2, 0.25) is 0 Å². The zero-order chi connectivity index (χ0) is 11.6. The molecule has 0 spiro atoms. The average Bonchev–Trinajstić information content (AvgIpc) is 3.05. The lowest BCUT2D eigenvalue weighted by atomic mass is 10.1. The number of methoxy groups -OCH3 is 1. The fourth-order valence-corrected chi connectivity index (χ4v) is 1.53. The van der Waals surface area contributed by atoms with Crippen molar-refractivity contribution < 1.29 is 9.53 Å². The number of benzene rings is 1. The molecule has 0 amide bonds. The zero-order valence-corrected chi connectivity index (χ0v) is 9.32. The van der Waals surface area contributed by atoms with Crippen LogP contribution in [0.5, 0.6) is 0 Å². The molecule has 0 bridgehead atoms. The summed E-state index contributed by atoms with van der Waals surface area (Å²) in [6.45, 7) is 0.695. The highest BCUT2D eigenvalue weighted by atomic mass is 16.5. The molecular formula is C12H16N2O2. The summed E-state index contributed by atoms with van der Waals surface area (Å²) in [4.78, 5) is 11.5. The van der Waals surface area contributed by atoms with Crippen molar-refractivity contribution in [2.24, 2.45) is 5.73 Å². The number of carbonyl (C=O) groups excluding carboxylic acids is 1. The highest BCUT2D eigenvalue weighted by molar-refractivity contribution is 5.95. The van der Waals surface area contributed by atoms with Gasteiger partial charge < -0.3 is 15.8 Å². The van der Waals surface area contributed by atoms with Gasteiger partial charge in [0.1, 0.15) is 0 Å². The second-order valence-corrected chi connectivity index (χ2v) is 4.25. The number of ether oxygens (including phenoxy) is 1. The number of anilines is 1. The van der Waals surface area contributed by atoms with E-state index in [-0.39, 0.29) is 11.5 Å². The summed E-state index contributed by atoms with van der Waals surface area (Å²) in [5.74, 6) is -0.329. The number of para-hydroxylation sites is 1. The van der Waals surface area contributed by atoms with Gasteiger partial charge >= 0.3 is 5.97 Å². The van der Waals surface area contributed by atoms with E-state index >= 15 is 0 Å². The molecule has 4 nitrogen and oxygen atoms in total. The SMILES string of the molecule is COC(=O)c1ccccc1NCC1(N)CC1. The maximum Gasteiger partial charge on any atom is 0.339 e. The number of nitrogens with two attached hydrogens (primary N) is 1. The molecule has 1 saturated carbocycles. The standard InChI is InChI=1S/C12H16N2O2/c1-16-11(15)9-4-2-3-5-10(9)14-8-12(13)6-7-12/h2-5,14H,6-8,13H2,1H3. The van der Waals surface area contributed by atoms with Gasteiger partial charge in [-0.1, -0.05) is 12.1 Å². The third-order valence-electron chi connectivity index (χ3n) is 2.86. The van der Waals surface area contributed by atoms with Crippen LogP contribution in [0.15, 0.2) is 24.3 Å². The summed E-state index contributed by atoms with van der Waals surface area (Å²) >= 11 is 0. The number of carbonyl (C=O) groups is 1. The van der Waals surface area contributed by atoms with Gasteiger partial charge in [-0.3, -0.25) is 0 Å². The summed E-state index contributed by atoms with van der Waals surface area (Å²) in [7, 11) is 1.38. The molecule has 86 valence electrons. The summed E-state index contributed by atoms with van der Waals surface area (Å²) < 4.78 is 4.71. The van der Waals surface area contributed by atoms with Gasteiger partial charge in [0.15, 0.2) is 0 Å². The molecule has 0 unspecified atom stereocenters. The molecule has 0 aromatic heterocycles. The highest BCUT2D eigenvalue weighted by Gasteiger charge is 2.37. The molecule has 1 aliphatic rings. The Hall–Kier alpha value is -1.55. The van der Waals surface area contributed by atoms with Crippen molar-refractivity contribution in [1.82, 2.24) is 0 Å². The van der Waals surface area contributed by atoms with Gasteiger partial charge in [-0.05, 0) is 25.0 Å². The molecule has 0 heterocycles. The van der Waals surface area contributed by atoms with Crippen LogP contribution >= 0.6 is 0 Å². The van der Waals surface area contributed by atoms with Crippen LogP contribution in [0.3, 0.4) is 0 Å². The van der Waals surface area contributed by atoms with E-state index < -0.39 is 0 Å². The second kappa shape index (κ2) is 4.14. The van der Waals surface area contributed by atoms with Gasteiger partial charge in [0.2, 0.25) is 0 Å². The Labute approximate surface area is 94.8 Å². The average molecular weight is 220 g/mol. The van der Waals surface area contributed by atoms with Gasteiger partial charge in [-0.25, -0.2) is 4.79 Å². The first-order valence-corrected chi connectivity index (χ1v) is 5.35. The van der Waals surface area contributed by atoms with Crippen LogP contribution in [0.1, 0.15) is 23.2 Å². The van der Waals surface area contributed by atoms with Crippen molar-refractivity contribution in [3.8, 4) is 0 Å². The Morgan fingerprint density at radius 3 is 2.81 bits per heavy atom. The summed E-state index contributed by atoms with van der Waals surface area (Å²) in [5, 5.41) is 3.21. The molecule has 2 rings (SSSR count). The van der Waals surface area contributed by atoms with Crippen molar-refractivity contribution in [2.45, 2.75) is 18.4 Å². The number of hydrogen-bond acceptors (Lipinski definition) is 4. The fourth-order valence-electron chi connectivity index (χ4n) is 1.53. The smallest absolute Gasteiger partial charge is 0.339 e. The zero-order valence-electron chi connectivity index (χ0n) is 9.32. The van der Waals surface area contributed by atoms with Crippen molar-refractivity contribution in [2.75, 3.05) is 19.0 Å². The van der Waals surface area contributed by atoms with E-state index in [1.54, 1.807) is 6.07 Å². The van der Waals surface area contributed by atoms with Crippen molar-refractivity contribution >= 4 is 11.7 Å². The van der Waals surface area contributed by atoms with Gasteiger partial charge in [0.25, 0.3) is 0 Å². The molecule has 1 fully saturated rings. The molecule has 0 aliphatic heterocycles. The van der Waals surface area contributed by atoms with Crippen molar-refractivity contribution in [3.05, 3.63) is 29.8 Å². The van der Waals surface area contributed by atoms with E-state index in [1.807, 2.05) is 18.2 Å². The van der Waals surface area contributed by atoms with Crippen molar-refractivity contribution in [1.29, 1.82) is 0 Å². The van der Waals surface area contributed by atoms with Gasteiger partial charge in [-0.15, -0.1) is 0 Å². The molecule has 0 atom stereocenters. The third-order valence-corrected chi connectivity index (χ3v) is 2.86. The number of nitrogens with one attached hydrogen (secondary N) is 1. The van der Waals surface area contributed by atoms with Crippen LogP contribution < -0.4 is 11.1 Å². The van der Waals surface area contributed by atoms with E-state index in [4.69, 9.17) is 10.5 Å². The summed E-state index contributed by atoms with van der Waals surface area (Å²) in [6.07, 6.45) is 2.08. The quantitative estimate of drug-likeness (QED) is 0.752. The topological polar surface area (TPSA) is 64.3 Å². The summed E-state index contributed by atoms with van der Waals surface area (Å²) in [6, 6.07) is 7.29. The lowest BCUT2D eigenvalue weighted by Gasteiger charge is -2.13. The Balaban J connectivity index is 2.09. The van der Waals surface area contributed by atoms with Crippen LogP contribution in [-0.4, -0.2) is 25.2 Å². The first kappa shape index (κ1) is 11.0. The predicted molar refractivity (Wildman–Crippen MR) is 62.4 cm³/mol. The van der Waals surface area contributed by atoms with E-state index in [0.717, 1.165) is 18.5 Å². The largest absolute Gasteiger partial charge is 0.465 e. The lowest BCUT2D eigenvalue weighted by Crippen LogP contribution is -2.31. The second-order valence-electron chi connectivity index (χ2n) is 4.25.